The molecule has 1 saturated carbocycles. The monoisotopic (exact) mass is 341 g/mol. The second-order valence-corrected chi connectivity index (χ2v) is 6.62. The van der Waals surface area contributed by atoms with E-state index >= 15 is 0 Å². The first-order valence-electron chi connectivity index (χ1n) is 8.41. The van der Waals surface area contributed by atoms with E-state index in [0.717, 1.165) is 12.8 Å². The van der Waals surface area contributed by atoms with E-state index in [4.69, 9.17) is 14.5 Å². The first-order chi connectivity index (χ1) is 12.1. The van der Waals surface area contributed by atoms with Crippen molar-refractivity contribution in [1.29, 1.82) is 5.26 Å². The number of hydrogen-bond donors (Lipinski definition) is 0. The van der Waals surface area contributed by atoms with Crippen LogP contribution in [0.25, 0.3) is 0 Å². The molecule has 1 aliphatic heterocycles. The highest BCUT2D eigenvalue weighted by atomic mass is 16.5. The first kappa shape index (κ1) is 15.8. The van der Waals surface area contributed by atoms with Crippen LogP contribution in [0, 0.1) is 11.3 Å². The van der Waals surface area contributed by atoms with Gasteiger partial charge in [0.1, 0.15) is 17.8 Å². The predicted octanol–water partition coefficient (Wildman–Crippen LogP) is 1.76. The summed E-state index contributed by atoms with van der Waals surface area (Å²) < 4.78 is 12.8. The fourth-order valence-corrected chi connectivity index (χ4v) is 3.24. The summed E-state index contributed by atoms with van der Waals surface area (Å²) in [5.74, 6) is 1.34. The van der Waals surface area contributed by atoms with E-state index in [-0.39, 0.29) is 12.0 Å². The lowest BCUT2D eigenvalue weighted by molar-refractivity contribution is -0.0603. The first-order valence-corrected chi connectivity index (χ1v) is 8.41. The van der Waals surface area contributed by atoms with Crippen molar-refractivity contribution in [3.05, 3.63) is 35.2 Å². The number of nitrogens with zero attached hydrogens (tertiary/aromatic N) is 5. The van der Waals surface area contributed by atoms with E-state index in [9.17, 15) is 4.79 Å². The summed E-state index contributed by atoms with van der Waals surface area (Å²) in [7, 11) is 1.75. The van der Waals surface area contributed by atoms with Gasteiger partial charge in [-0.15, -0.1) is 0 Å². The second-order valence-electron chi connectivity index (χ2n) is 6.62. The zero-order valence-electron chi connectivity index (χ0n) is 14.2. The Morgan fingerprint density at radius 3 is 2.92 bits per heavy atom. The Hall–Kier alpha value is -2.66. The minimum atomic E-state index is -0.429. The van der Waals surface area contributed by atoms with Crippen LogP contribution in [-0.4, -0.2) is 44.8 Å². The summed E-state index contributed by atoms with van der Waals surface area (Å²) in [6.45, 7) is 2.78. The van der Waals surface area contributed by atoms with Crippen molar-refractivity contribution in [3.8, 4) is 6.07 Å². The highest BCUT2D eigenvalue weighted by Gasteiger charge is 2.40. The molecule has 0 unspecified atom stereocenters. The van der Waals surface area contributed by atoms with Crippen LogP contribution >= 0.6 is 0 Å². The van der Waals surface area contributed by atoms with Crippen LogP contribution in [0.2, 0.25) is 0 Å². The normalized spacial score (nSPS) is 23.5. The maximum Gasteiger partial charge on any atom is 0.271 e. The number of morpholine rings is 1. The topological polar surface area (TPSA) is 97.2 Å². The number of hydrogen-bond acceptors (Lipinski definition) is 6. The number of rotatable bonds is 3. The molecular formula is C17H19N5O3. The van der Waals surface area contributed by atoms with Gasteiger partial charge in [-0.1, -0.05) is 5.16 Å². The molecular weight excluding hydrogens is 322 g/mol. The van der Waals surface area contributed by atoms with E-state index in [1.54, 1.807) is 28.8 Å². The largest absolute Gasteiger partial charge is 0.374 e. The molecule has 0 bridgehead atoms. The van der Waals surface area contributed by atoms with E-state index < -0.39 is 6.04 Å². The Labute approximate surface area is 145 Å². The van der Waals surface area contributed by atoms with Crippen LogP contribution in [0.4, 0.5) is 0 Å². The Morgan fingerprint density at radius 1 is 1.44 bits per heavy atom. The van der Waals surface area contributed by atoms with E-state index in [2.05, 4.69) is 16.2 Å². The zero-order chi connectivity index (χ0) is 17.6. The lowest BCUT2D eigenvalue weighted by Crippen LogP contribution is -2.47. The van der Waals surface area contributed by atoms with Crippen LogP contribution < -0.4 is 0 Å². The Morgan fingerprint density at radius 2 is 2.24 bits per heavy atom. The number of aryl methyl sites for hydroxylation is 1. The summed E-state index contributed by atoms with van der Waals surface area (Å²) in [5, 5.41) is 13.1. The quantitative estimate of drug-likeness (QED) is 0.844. The van der Waals surface area contributed by atoms with E-state index in [0.29, 0.717) is 42.0 Å². The number of carbonyl (C=O) groups excluding carboxylic acids is 1. The van der Waals surface area contributed by atoms with Gasteiger partial charge < -0.3 is 18.7 Å². The van der Waals surface area contributed by atoms with Gasteiger partial charge in [0.05, 0.1) is 18.3 Å². The number of ether oxygens (including phenoxy) is 1. The molecule has 4 rings (SSSR count). The number of carbonyl (C=O) groups is 1. The molecule has 2 aromatic heterocycles. The lowest BCUT2D eigenvalue weighted by Gasteiger charge is -2.37. The molecule has 0 spiro atoms. The number of amides is 1. The minimum Gasteiger partial charge on any atom is -0.374 e. The summed E-state index contributed by atoms with van der Waals surface area (Å²) in [6.07, 6.45) is 3.56. The molecule has 8 heteroatoms. The van der Waals surface area contributed by atoms with Crippen LogP contribution in [0.5, 0.6) is 0 Å². The van der Waals surface area contributed by atoms with Crippen LogP contribution in [0.15, 0.2) is 16.8 Å². The molecule has 0 N–H and O–H groups in total. The van der Waals surface area contributed by atoms with Crippen molar-refractivity contribution in [1.82, 2.24) is 19.6 Å². The molecule has 130 valence electrons. The van der Waals surface area contributed by atoms with Gasteiger partial charge in [-0.05, 0) is 25.8 Å². The smallest absolute Gasteiger partial charge is 0.271 e. The SMILES string of the molecule is C[C@H]1OCCN(C(=O)c2cc(C#N)cn2C)[C@@H]1c1nc(C2CC2)no1. The Kier molecular flexibility index (Phi) is 3.81. The van der Waals surface area contributed by atoms with Gasteiger partial charge in [-0.2, -0.15) is 10.2 Å². The minimum absolute atomic E-state index is 0.171. The molecule has 3 heterocycles. The molecule has 8 nitrogen and oxygen atoms in total. The highest BCUT2D eigenvalue weighted by Crippen LogP contribution is 2.39. The maximum absolute atomic E-state index is 13.1. The standard InChI is InChI=1S/C17H19N5O3/c1-10-14(16-19-15(20-25-16)12-3-4-12)22(5-6-24-10)17(23)13-7-11(8-18)9-21(13)2/h7,9-10,12,14H,3-6H2,1-2H3/t10-,14+/m1/s1. The average Bonchev–Trinajstić information content (AvgIpc) is 3.22. The molecule has 1 aliphatic carbocycles. The van der Waals surface area contributed by atoms with E-state index in [1.165, 1.54) is 0 Å². The van der Waals surface area contributed by atoms with Gasteiger partial charge in [0.15, 0.2) is 5.82 Å². The van der Waals surface area contributed by atoms with Crippen molar-refractivity contribution < 1.29 is 14.1 Å². The van der Waals surface area contributed by atoms with Crippen LogP contribution in [-0.2, 0) is 11.8 Å². The van der Waals surface area contributed by atoms with Crippen molar-refractivity contribution in [3.63, 3.8) is 0 Å². The lowest BCUT2D eigenvalue weighted by atomic mass is 10.1. The van der Waals surface area contributed by atoms with Gasteiger partial charge in [0.25, 0.3) is 11.8 Å². The molecule has 2 fully saturated rings. The fraction of sp³-hybridized carbons (Fsp3) is 0.529. The summed E-state index contributed by atoms with van der Waals surface area (Å²) in [6, 6.07) is 3.23. The average molecular weight is 341 g/mol. The predicted molar refractivity (Wildman–Crippen MR) is 85.6 cm³/mol. The third kappa shape index (κ3) is 2.81. The molecule has 2 atom stereocenters. The molecule has 0 radical (unpaired) electrons. The second kappa shape index (κ2) is 6.01. The third-order valence-electron chi connectivity index (χ3n) is 4.76. The van der Waals surface area contributed by atoms with Gasteiger partial charge in [-0.3, -0.25) is 4.79 Å². The molecule has 25 heavy (non-hydrogen) atoms. The van der Waals surface area contributed by atoms with Crippen molar-refractivity contribution in [2.24, 2.45) is 7.05 Å². The van der Waals surface area contributed by atoms with Crippen LogP contribution in [0.3, 0.4) is 0 Å². The highest BCUT2D eigenvalue weighted by molar-refractivity contribution is 5.93. The summed E-state index contributed by atoms with van der Waals surface area (Å²) in [5.41, 5.74) is 0.912. The molecule has 1 amide bonds. The van der Waals surface area contributed by atoms with Gasteiger partial charge in [-0.25, -0.2) is 0 Å². The molecule has 2 aromatic rings. The van der Waals surface area contributed by atoms with E-state index in [1.807, 2.05) is 6.92 Å². The van der Waals surface area contributed by atoms with Gasteiger partial charge >= 0.3 is 0 Å². The van der Waals surface area contributed by atoms with Crippen molar-refractivity contribution in [2.45, 2.75) is 37.8 Å². The Bertz CT molecular complexity index is 845. The molecule has 2 aliphatic rings. The van der Waals surface area contributed by atoms with Crippen molar-refractivity contribution in [2.75, 3.05) is 13.2 Å². The van der Waals surface area contributed by atoms with Crippen molar-refractivity contribution >= 4 is 5.91 Å². The fourth-order valence-electron chi connectivity index (χ4n) is 3.24. The van der Waals surface area contributed by atoms with Gasteiger partial charge in [0, 0.05) is 25.7 Å². The number of nitriles is 1. The molecule has 1 saturated heterocycles. The summed E-state index contributed by atoms with van der Waals surface area (Å²) >= 11 is 0. The maximum atomic E-state index is 13.1. The number of aromatic nitrogens is 3. The summed E-state index contributed by atoms with van der Waals surface area (Å²) in [4.78, 5) is 19.3. The Balaban J connectivity index is 1.66. The van der Waals surface area contributed by atoms with Gasteiger partial charge in [0.2, 0.25) is 0 Å². The van der Waals surface area contributed by atoms with Crippen LogP contribution in [0.1, 0.15) is 59.5 Å². The zero-order valence-corrected chi connectivity index (χ0v) is 14.2. The molecule has 0 aromatic carbocycles. The third-order valence-corrected chi connectivity index (χ3v) is 4.76.